The fourth-order valence-corrected chi connectivity index (χ4v) is 1.45. The first kappa shape index (κ1) is 11.0. The Morgan fingerprint density at radius 1 is 0.824 bits per heavy atom. The van der Waals surface area contributed by atoms with Crippen molar-refractivity contribution < 1.29 is 5.11 Å². The number of phenolic OH excluding ortho intramolecular Hbond substituents is 1. The molecule has 2 nitrogen and oxygen atoms in total. The van der Waals surface area contributed by atoms with Crippen molar-refractivity contribution in [2.45, 2.75) is 0 Å². The van der Waals surface area contributed by atoms with E-state index in [1.54, 1.807) is 24.3 Å². The third-order valence-electron chi connectivity index (χ3n) is 2.40. The second-order valence-electron chi connectivity index (χ2n) is 3.66. The van der Waals surface area contributed by atoms with Crippen LogP contribution in [-0.2, 0) is 0 Å². The molecule has 82 valence electrons. The van der Waals surface area contributed by atoms with Gasteiger partial charge in [-0.3, -0.25) is 0 Å². The van der Waals surface area contributed by atoms with Crippen molar-refractivity contribution in [2.75, 3.05) is 0 Å². The summed E-state index contributed by atoms with van der Waals surface area (Å²) in [6, 6.07) is 16.4. The van der Waals surface area contributed by atoms with Crippen molar-refractivity contribution in [3.8, 4) is 11.8 Å². The third-order valence-corrected chi connectivity index (χ3v) is 2.40. The zero-order valence-corrected chi connectivity index (χ0v) is 9.17. The first-order chi connectivity index (χ1) is 8.28. The fraction of sp³-hybridized carbons (Fsp3) is 0. The zero-order valence-electron chi connectivity index (χ0n) is 9.17. The normalized spacial score (nSPS) is 10.3. The first-order valence-electron chi connectivity index (χ1n) is 5.25. The molecule has 2 heteroatoms. The Bertz CT molecular complexity index is 559. The summed E-state index contributed by atoms with van der Waals surface area (Å²) in [5.41, 5.74) is 2.72. The van der Waals surface area contributed by atoms with Crippen molar-refractivity contribution in [1.29, 1.82) is 5.26 Å². The van der Waals surface area contributed by atoms with Crippen LogP contribution in [-0.4, -0.2) is 5.11 Å². The molecule has 0 atom stereocenters. The maximum Gasteiger partial charge on any atom is 0.115 e. The van der Waals surface area contributed by atoms with Gasteiger partial charge in [-0.05, 0) is 35.4 Å². The number of aromatic hydroxyl groups is 1. The quantitative estimate of drug-likeness (QED) is 0.789. The van der Waals surface area contributed by atoms with Crippen molar-refractivity contribution in [3.05, 3.63) is 65.2 Å². The van der Waals surface area contributed by atoms with Crippen molar-refractivity contribution >= 4 is 12.2 Å². The van der Waals surface area contributed by atoms with Gasteiger partial charge in [-0.25, -0.2) is 0 Å². The summed E-state index contributed by atoms with van der Waals surface area (Å²) >= 11 is 0. The van der Waals surface area contributed by atoms with Gasteiger partial charge in [0.05, 0.1) is 11.6 Å². The molecular weight excluding hydrogens is 210 g/mol. The van der Waals surface area contributed by atoms with Crippen LogP contribution in [0.15, 0.2) is 48.5 Å². The predicted octanol–water partition coefficient (Wildman–Crippen LogP) is 3.43. The smallest absolute Gasteiger partial charge is 0.115 e. The van der Waals surface area contributed by atoms with Crippen molar-refractivity contribution in [3.63, 3.8) is 0 Å². The van der Waals surface area contributed by atoms with Gasteiger partial charge in [-0.15, -0.1) is 0 Å². The average molecular weight is 221 g/mol. The monoisotopic (exact) mass is 221 g/mol. The third kappa shape index (κ3) is 2.96. The van der Waals surface area contributed by atoms with Crippen molar-refractivity contribution in [2.24, 2.45) is 0 Å². The molecule has 0 saturated heterocycles. The van der Waals surface area contributed by atoms with Crippen LogP contribution in [0.2, 0.25) is 0 Å². The van der Waals surface area contributed by atoms with Gasteiger partial charge in [0.25, 0.3) is 0 Å². The highest BCUT2D eigenvalue weighted by molar-refractivity contribution is 5.70. The summed E-state index contributed by atoms with van der Waals surface area (Å²) in [6.07, 6.45) is 3.92. The molecule has 0 unspecified atom stereocenters. The second-order valence-corrected chi connectivity index (χ2v) is 3.66. The van der Waals surface area contributed by atoms with Gasteiger partial charge in [0, 0.05) is 0 Å². The van der Waals surface area contributed by atoms with Crippen LogP contribution >= 0.6 is 0 Å². The molecule has 0 radical (unpaired) electrons. The van der Waals surface area contributed by atoms with Crippen LogP contribution in [0.3, 0.4) is 0 Å². The standard InChI is InChI=1S/C15H11NO/c16-11-14-5-3-12(4-6-14)1-2-13-7-9-15(17)10-8-13/h1-10,17H/b2-1-. The number of phenols is 1. The average Bonchev–Trinajstić information content (AvgIpc) is 2.39. The highest BCUT2D eigenvalue weighted by Crippen LogP contribution is 2.13. The Morgan fingerprint density at radius 3 is 1.76 bits per heavy atom. The Morgan fingerprint density at radius 2 is 1.29 bits per heavy atom. The molecule has 2 rings (SSSR count). The summed E-state index contributed by atoms with van der Waals surface area (Å²) in [7, 11) is 0. The van der Waals surface area contributed by atoms with E-state index in [1.807, 2.05) is 36.4 Å². The number of hydrogen-bond acceptors (Lipinski definition) is 2. The van der Waals surface area contributed by atoms with E-state index in [1.165, 1.54) is 0 Å². The zero-order chi connectivity index (χ0) is 12.1. The lowest BCUT2D eigenvalue weighted by Crippen LogP contribution is -1.75. The van der Waals surface area contributed by atoms with Crippen LogP contribution in [0, 0.1) is 11.3 Å². The molecule has 2 aromatic carbocycles. The van der Waals surface area contributed by atoms with Crippen LogP contribution in [0.25, 0.3) is 12.2 Å². The van der Waals surface area contributed by atoms with E-state index in [2.05, 4.69) is 6.07 Å². The summed E-state index contributed by atoms with van der Waals surface area (Å²) < 4.78 is 0. The van der Waals surface area contributed by atoms with E-state index in [9.17, 15) is 0 Å². The van der Waals surface area contributed by atoms with Gasteiger partial charge in [0.15, 0.2) is 0 Å². The largest absolute Gasteiger partial charge is 0.508 e. The number of hydrogen-bond donors (Lipinski definition) is 1. The highest BCUT2D eigenvalue weighted by Gasteiger charge is 1.91. The van der Waals surface area contributed by atoms with E-state index in [0.29, 0.717) is 5.56 Å². The van der Waals surface area contributed by atoms with Crippen molar-refractivity contribution in [1.82, 2.24) is 0 Å². The van der Waals surface area contributed by atoms with Crippen LogP contribution in [0.4, 0.5) is 0 Å². The number of nitriles is 1. The molecule has 0 amide bonds. The van der Waals surface area contributed by atoms with Gasteiger partial charge < -0.3 is 5.11 Å². The van der Waals surface area contributed by atoms with E-state index >= 15 is 0 Å². The SMILES string of the molecule is N#Cc1ccc(/C=C\c2ccc(O)cc2)cc1. The summed E-state index contributed by atoms with van der Waals surface area (Å²) in [6.45, 7) is 0. The van der Waals surface area contributed by atoms with E-state index in [-0.39, 0.29) is 5.75 Å². The molecule has 17 heavy (non-hydrogen) atoms. The molecule has 1 N–H and O–H groups in total. The molecule has 0 saturated carbocycles. The molecule has 0 heterocycles. The van der Waals surface area contributed by atoms with E-state index < -0.39 is 0 Å². The van der Waals surface area contributed by atoms with E-state index in [0.717, 1.165) is 11.1 Å². The van der Waals surface area contributed by atoms with Crippen LogP contribution in [0.5, 0.6) is 5.75 Å². The predicted molar refractivity (Wildman–Crippen MR) is 68.2 cm³/mol. The number of rotatable bonds is 2. The summed E-state index contributed by atoms with van der Waals surface area (Å²) in [5.74, 6) is 0.264. The molecule has 0 aromatic heterocycles. The Balaban J connectivity index is 2.14. The minimum Gasteiger partial charge on any atom is -0.508 e. The van der Waals surface area contributed by atoms with Gasteiger partial charge in [-0.1, -0.05) is 36.4 Å². The van der Waals surface area contributed by atoms with Crippen LogP contribution in [0.1, 0.15) is 16.7 Å². The lowest BCUT2D eigenvalue weighted by atomic mass is 10.1. The lowest BCUT2D eigenvalue weighted by molar-refractivity contribution is 0.475. The Hall–Kier alpha value is -2.53. The molecule has 0 fully saturated rings. The molecule has 0 aliphatic rings. The molecular formula is C15H11NO. The lowest BCUT2D eigenvalue weighted by Gasteiger charge is -1.95. The summed E-state index contributed by atoms with van der Waals surface area (Å²) in [4.78, 5) is 0. The molecule has 0 spiro atoms. The minimum absolute atomic E-state index is 0.264. The van der Waals surface area contributed by atoms with Gasteiger partial charge in [0.2, 0.25) is 0 Å². The van der Waals surface area contributed by atoms with Gasteiger partial charge in [0.1, 0.15) is 5.75 Å². The highest BCUT2D eigenvalue weighted by atomic mass is 16.3. The Kier molecular flexibility index (Phi) is 3.23. The number of nitrogens with zero attached hydrogens (tertiary/aromatic N) is 1. The topological polar surface area (TPSA) is 44.0 Å². The number of benzene rings is 2. The van der Waals surface area contributed by atoms with Gasteiger partial charge in [-0.2, -0.15) is 5.26 Å². The second kappa shape index (κ2) is 5.00. The minimum atomic E-state index is 0.264. The molecule has 0 bridgehead atoms. The van der Waals surface area contributed by atoms with E-state index in [4.69, 9.17) is 10.4 Å². The van der Waals surface area contributed by atoms with Crippen LogP contribution < -0.4 is 0 Å². The first-order valence-corrected chi connectivity index (χ1v) is 5.25. The van der Waals surface area contributed by atoms with Gasteiger partial charge >= 0.3 is 0 Å². The molecule has 2 aromatic rings. The summed E-state index contributed by atoms with van der Waals surface area (Å²) in [5, 5.41) is 17.8. The maximum absolute atomic E-state index is 9.14. The molecule has 0 aliphatic heterocycles. The maximum atomic E-state index is 9.14. The fourth-order valence-electron chi connectivity index (χ4n) is 1.45. The molecule has 0 aliphatic carbocycles. The Labute approximate surface area is 100 Å².